The van der Waals surface area contributed by atoms with E-state index in [-0.39, 0.29) is 11.5 Å². The molecule has 4 heteroatoms. The Morgan fingerprint density at radius 1 is 1.00 bits per heavy atom. The predicted molar refractivity (Wildman–Crippen MR) is 87.6 cm³/mol. The maximum atomic E-state index is 13.7. The molecule has 0 radical (unpaired) electrons. The quantitative estimate of drug-likeness (QED) is 0.869. The van der Waals surface area contributed by atoms with E-state index in [1.54, 1.807) is 17.0 Å². The van der Waals surface area contributed by atoms with Crippen LogP contribution in [-0.2, 0) is 13.1 Å². The maximum absolute atomic E-state index is 13.7. The summed E-state index contributed by atoms with van der Waals surface area (Å²) in [7, 11) is 0. The van der Waals surface area contributed by atoms with Gasteiger partial charge in [-0.1, -0.05) is 36.4 Å². The van der Waals surface area contributed by atoms with Gasteiger partial charge in [0.15, 0.2) is 0 Å². The summed E-state index contributed by atoms with van der Waals surface area (Å²) in [5.41, 5.74) is 2.46. The molecular weight excluding hydrogens is 291 g/mol. The second-order valence-corrected chi connectivity index (χ2v) is 6.07. The predicted octanol–water partition coefficient (Wildman–Crippen LogP) is 1.93. The zero-order chi connectivity index (χ0) is 16.1. The summed E-state index contributed by atoms with van der Waals surface area (Å²) >= 11 is 0. The highest BCUT2D eigenvalue weighted by Gasteiger charge is 2.17. The summed E-state index contributed by atoms with van der Waals surface area (Å²) in [4.78, 5) is 13.7. The van der Waals surface area contributed by atoms with Crippen LogP contribution in [0.3, 0.4) is 0 Å². The molecule has 1 heterocycles. The van der Waals surface area contributed by atoms with Crippen molar-refractivity contribution in [3.63, 3.8) is 0 Å². The van der Waals surface area contributed by atoms with E-state index in [0.29, 0.717) is 6.54 Å². The summed E-state index contributed by atoms with van der Waals surface area (Å²) in [6, 6.07) is 14.2. The number of halogens is 1. The average Bonchev–Trinajstić information content (AvgIpc) is 3.07. The van der Waals surface area contributed by atoms with Crippen molar-refractivity contribution in [2.75, 3.05) is 13.1 Å². The smallest absolute Gasteiger partial charge is 0.254 e. The normalized spacial score (nSPS) is 14.8. The first-order valence-electron chi connectivity index (χ1n) is 8.17. The molecule has 1 saturated heterocycles. The number of hydrogen-bond acceptors (Lipinski definition) is 1. The summed E-state index contributed by atoms with van der Waals surface area (Å²) in [6.45, 7) is 3.86. The molecular formula is C19H22FN2O+. The number of quaternary nitrogens is 1. The summed E-state index contributed by atoms with van der Waals surface area (Å²) in [5.74, 6) is -0.855. The van der Waals surface area contributed by atoms with Crippen molar-refractivity contribution in [2.45, 2.75) is 25.9 Å². The monoisotopic (exact) mass is 313 g/mol. The Labute approximate surface area is 136 Å². The van der Waals surface area contributed by atoms with Crippen LogP contribution in [0.25, 0.3) is 0 Å². The fraction of sp³-hybridized carbons (Fsp3) is 0.316. The van der Waals surface area contributed by atoms with E-state index in [1.807, 2.05) is 18.2 Å². The largest absolute Gasteiger partial charge is 0.348 e. The lowest BCUT2D eigenvalue weighted by atomic mass is 10.1. The Morgan fingerprint density at radius 3 is 2.39 bits per heavy atom. The molecule has 1 fully saturated rings. The highest BCUT2D eigenvalue weighted by molar-refractivity contribution is 5.94. The van der Waals surface area contributed by atoms with Gasteiger partial charge in [-0.15, -0.1) is 0 Å². The number of rotatable bonds is 5. The van der Waals surface area contributed by atoms with Crippen LogP contribution in [0.5, 0.6) is 0 Å². The van der Waals surface area contributed by atoms with Gasteiger partial charge in [-0.05, 0) is 17.7 Å². The molecule has 1 aliphatic heterocycles. The lowest BCUT2D eigenvalue weighted by molar-refractivity contribution is -0.901. The molecule has 0 aromatic heterocycles. The van der Waals surface area contributed by atoms with Gasteiger partial charge >= 0.3 is 0 Å². The average molecular weight is 313 g/mol. The van der Waals surface area contributed by atoms with Crippen molar-refractivity contribution in [2.24, 2.45) is 0 Å². The second-order valence-electron chi connectivity index (χ2n) is 6.07. The van der Waals surface area contributed by atoms with Gasteiger partial charge in [0.25, 0.3) is 5.91 Å². The van der Waals surface area contributed by atoms with Crippen molar-refractivity contribution in [1.29, 1.82) is 0 Å². The third-order valence-corrected chi connectivity index (χ3v) is 4.43. The molecule has 1 aliphatic rings. The van der Waals surface area contributed by atoms with E-state index < -0.39 is 5.82 Å². The zero-order valence-electron chi connectivity index (χ0n) is 13.1. The van der Waals surface area contributed by atoms with E-state index in [1.165, 1.54) is 43.6 Å². The Morgan fingerprint density at radius 2 is 1.65 bits per heavy atom. The molecule has 0 saturated carbocycles. The van der Waals surface area contributed by atoms with Crippen LogP contribution in [0, 0.1) is 5.82 Å². The van der Waals surface area contributed by atoms with Gasteiger partial charge in [0.1, 0.15) is 12.4 Å². The third kappa shape index (κ3) is 3.96. The minimum atomic E-state index is -0.486. The molecule has 1 amide bonds. The summed E-state index contributed by atoms with van der Waals surface area (Å²) in [6.07, 6.45) is 2.59. The molecule has 0 spiro atoms. The Bertz CT molecular complexity index is 681. The van der Waals surface area contributed by atoms with Crippen LogP contribution in [-0.4, -0.2) is 19.0 Å². The Balaban J connectivity index is 1.66. The van der Waals surface area contributed by atoms with Crippen LogP contribution < -0.4 is 10.2 Å². The summed E-state index contributed by atoms with van der Waals surface area (Å²) in [5, 5.41) is 2.83. The van der Waals surface area contributed by atoms with Crippen LogP contribution in [0.4, 0.5) is 4.39 Å². The first-order chi connectivity index (χ1) is 11.2. The minimum Gasteiger partial charge on any atom is -0.348 e. The molecule has 0 aliphatic carbocycles. The number of amides is 1. The SMILES string of the molecule is O=C(NCc1ccccc1C[NH+]1CCCC1)c1ccccc1F. The minimum absolute atomic E-state index is 0.0927. The Hall–Kier alpha value is -2.20. The maximum Gasteiger partial charge on any atom is 0.254 e. The molecule has 3 rings (SSSR count). The van der Waals surface area contributed by atoms with Gasteiger partial charge in [-0.2, -0.15) is 0 Å². The van der Waals surface area contributed by atoms with Crippen molar-refractivity contribution in [3.05, 3.63) is 71.0 Å². The fourth-order valence-electron chi connectivity index (χ4n) is 3.14. The van der Waals surface area contributed by atoms with E-state index in [9.17, 15) is 9.18 Å². The van der Waals surface area contributed by atoms with E-state index >= 15 is 0 Å². The fourth-order valence-corrected chi connectivity index (χ4v) is 3.14. The number of carbonyl (C=O) groups excluding carboxylic acids is 1. The van der Waals surface area contributed by atoms with Gasteiger partial charge in [0.05, 0.1) is 18.7 Å². The second kappa shape index (κ2) is 7.38. The Kier molecular flexibility index (Phi) is 5.03. The van der Waals surface area contributed by atoms with Gasteiger partial charge in [0, 0.05) is 24.9 Å². The highest BCUT2D eigenvalue weighted by Crippen LogP contribution is 2.10. The molecule has 2 aromatic carbocycles. The van der Waals surface area contributed by atoms with Crippen LogP contribution >= 0.6 is 0 Å². The molecule has 0 bridgehead atoms. The molecule has 0 unspecified atom stereocenters. The van der Waals surface area contributed by atoms with Gasteiger partial charge < -0.3 is 10.2 Å². The molecule has 23 heavy (non-hydrogen) atoms. The molecule has 0 atom stereocenters. The van der Waals surface area contributed by atoms with E-state index in [2.05, 4.69) is 11.4 Å². The standard InChI is InChI=1S/C19H21FN2O/c20-18-10-4-3-9-17(18)19(23)21-13-15-7-1-2-8-16(15)14-22-11-5-6-12-22/h1-4,7-10H,5-6,11-14H2,(H,21,23)/p+1. The molecule has 2 N–H and O–H groups in total. The number of nitrogens with one attached hydrogen (secondary N) is 2. The lowest BCUT2D eigenvalue weighted by Crippen LogP contribution is -3.08. The lowest BCUT2D eigenvalue weighted by Gasteiger charge is -2.15. The molecule has 3 nitrogen and oxygen atoms in total. The molecule has 2 aromatic rings. The first kappa shape index (κ1) is 15.7. The van der Waals surface area contributed by atoms with Crippen LogP contribution in [0.2, 0.25) is 0 Å². The van der Waals surface area contributed by atoms with E-state index in [4.69, 9.17) is 0 Å². The van der Waals surface area contributed by atoms with Crippen molar-refractivity contribution in [1.82, 2.24) is 5.32 Å². The van der Waals surface area contributed by atoms with Gasteiger partial charge in [-0.3, -0.25) is 4.79 Å². The molecule has 120 valence electrons. The first-order valence-corrected chi connectivity index (χ1v) is 8.17. The topological polar surface area (TPSA) is 33.5 Å². The summed E-state index contributed by atoms with van der Waals surface area (Å²) < 4.78 is 13.7. The number of benzene rings is 2. The van der Waals surface area contributed by atoms with E-state index in [0.717, 1.165) is 12.1 Å². The van der Waals surface area contributed by atoms with Gasteiger partial charge in [-0.25, -0.2) is 4.39 Å². The van der Waals surface area contributed by atoms with Crippen molar-refractivity contribution < 1.29 is 14.1 Å². The zero-order valence-corrected chi connectivity index (χ0v) is 13.1. The van der Waals surface area contributed by atoms with Crippen molar-refractivity contribution >= 4 is 5.91 Å². The van der Waals surface area contributed by atoms with Crippen LogP contribution in [0.1, 0.15) is 34.3 Å². The van der Waals surface area contributed by atoms with Crippen LogP contribution in [0.15, 0.2) is 48.5 Å². The number of hydrogen-bond donors (Lipinski definition) is 2. The highest BCUT2D eigenvalue weighted by atomic mass is 19.1. The third-order valence-electron chi connectivity index (χ3n) is 4.43. The van der Waals surface area contributed by atoms with Gasteiger partial charge in [0.2, 0.25) is 0 Å². The van der Waals surface area contributed by atoms with Crippen molar-refractivity contribution in [3.8, 4) is 0 Å². The number of likely N-dealkylation sites (tertiary alicyclic amines) is 1. The number of carbonyl (C=O) groups is 1.